The first-order valence-corrected chi connectivity index (χ1v) is 9.75. The first kappa shape index (κ1) is 18.4. The molecule has 9 heteroatoms. The normalized spacial score (nSPS) is 23.1. The number of nitrogens with zero attached hydrogens (tertiary/aromatic N) is 4. The lowest BCUT2D eigenvalue weighted by atomic mass is 9.85. The largest absolute Gasteiger partial charge is 0.383 e. The van der Waals surface area contributed by atoms with Crippen molar-refractivity contribution in [3.63, 3.8) is 0 Å². The summed E-state index contributed by atoms with van der Waals surface area (Å²) in [6, 6.07) is 0. The van der Waals surface area contributed by atoms with Gasteiger partial charge in [0.2, 0.25) is 5.91 Å². The molecule has 1 atom stereocenters. The molecule has 0 bridgehead atoms. The number of methoxy groups -OCH3 is 1. The van der Waals surface area contributed by atoms with E-state index < -0.39 is 5.41 Å². The van der Waals surface area contributed by atoms with Gasteiger partial charge < -0.3 is 14.5 Å². The lowest BCUT2D eigenvalue weighted by molar-refractivity contribution is -0.135. The minimum atomic E-state index is -0.467. The highest BCUT2D eigenvalue weighted by Crippen LogP contribution is 2.41. The van der Waals surface area contributed by atoms with E-state index in [1.807, 2.05) is 11.2 Å². The summed E-state index contributed by atoms with van der Waals surface area (Å²) < 4.78 is 5.07. The van der Waals surface area contributed by atoms with E-state index >= 15 is 0 Å². The van der Waals surface area contributed by atoms with E-state index in [2.05, 4.69) is 9.97 Å². The molecule has 7 nitrogen and oxygen atoms in total. The van der Waals surface area contributed by atoms with E-state index in [1.165, 1.54) is 18.0 Å². The second-order valence-corrected chi connectivity index (χ2v) is 7.53. The van der Waals surface area contributed by atoms with Gasteiger partial charge in [-0.05, 0) is 19.1 Å². The van der Waals surface area contributed by atoms with Gasteiger partial charge in [0, 0.05) is 33.3 Å². The van der Waals surface area contributed by atoms with E-state index in [9.17, 15) is 9.59 Å². The molecule has 25 heavy (non-hydrogen) atoms. The third-order valence-electron chi connectivity index (χ3n) is 4.91. The van der Waals surface area contributed by atoms with Crippen LogP contribution in [-0.4, -0.2) is 77.7 Å². The van der Waals surface area contributed by atoms with Gasteiger partial charge >= 0.3 is 0 Å². The van der Waals surface area contributed by atoms with Crippen LogP contribution < -0.4 is 0 Å². The van der Waals surface area contributed by atoms with Crippen LogP contribution in [0.1, 0.15) is 23.3 Å². The highest BCUT2D eigenvalue weighted by molar-refractivity contribution is 7.98. The molecule has 1 aromatic heterocycles. The number of likely N-dealkylation sites (tertiary alicyclic amines) is 2. The lowest BCUT2D eigenvalue weighted by Crippen LogP contribution is -2.39. The maximum Gasteiger partial charge on any atom is 0.274 e. The number of hydrogen-bond acceptors (Lipinski definition) is 6. The second kappa shape index (κ2) is 7.47. The number of hydrogen-bond donors (Lipinski definition) is 0. The number of aromatic nitrogens is 2. The van der Waals surface area contributed by atoms with Gasteiger partial charge in [0.25, 0.3) is 5.91 Å². The fourth-order valence-electron chi connectivity index (χ4n) is 3.48. The van der Waals surface area contributed by atoms with Crippen molar-refractivity contribution >= 4 is 35.2 Å². The smallest absolute Gasteiger partial charge is 0.274 e. The predicted molar refractivity (Wildman–Crippen MR) is 94.8 cm³/mol. The molecule has 1 unspecified atom stereocenters. The molecule has 0 aliphatic carbocycles. The minimum absolute atomic E-state index is 0.124. The highest BCUT2D eigenvalue weighted by Gasteiger charge is 2.51. The Morgan fingerprint density at radius 1 is 1.44 bits per heavy atom. The molecule has 3 heterocycles. The summed E-state index contributed by atoms with van der Waals surface area (Å²) in [7, 11) is 1.63. The number of halogens is 1. The van der Waals surface area contributed by atoms with Gasteiger partial charge in [-0.2, -0.15) is 0 Å². The van der Waals surface area contributed by atoms with Gasteiger partial charge in [0.15, 0.2) is 10.9 Å². The Morgan fingerprint density at radius 2 is 2.20 bits per heavy atom. The Kier molecular flexibility index (Phi) is 5.50. The zero-order chi connectivity index (χ0) is 18.0. The van der Waals surface area contributed by atoms with Crippen LogP contribution in [-0.2, 0) is 9.53 Å². The minimum Gasteiger partial charge on any atom is -0.383 e. The molecule has 136 valence electrons. The van der Waals surface area contributed by atoms with Crippen molar-refractivity contribution in [3.05, 3.63) is 16.9 Å². The van der Waals surface area contributed by atoms with Crippen molar-refractivity contribution in [1.82, 2.24) is 19.8 Å². The van der Waals surface area contributed by atoms with E-state index in [1.54, 1.807) is 12.0 Å². The van der Waals surface area contributed by atoms with E-state index in [4.69, 9.17) is 16.3 Å². The number of amides is 2. The van der Waals surface area contributed by atoms with Crippen LogP contribution in [0, 0.1) is 5.41 Å². The molecule has 1 aromatic rings. The van der Waals surface area contributed by atoms with Gasteiger partial charge in [-0.25, -0.2) is 9.97 Å². The molecular weight excluding hydrogens is 364 g/mol. The van der Waals surface area contributed by atoms with Crippen LogP contribution in [0.4, 0.5) is 0 Å². The maximum absolute atomic E-state index is 12.8. The highest BCUT2D eigenvalue weighted by atomic mass is 35.5. The fourth-order valence-corrected chi connectivity index (χ4v) is 3.99. The first-order valence-electron chi connectivity index (χ1n) is 8.15. The van der Waals surface area contributed by atoms with Gasteiger partial charge in [0.05, 0.1) is 23.2 Å². The summed E-state index contributed by atoms with van der Waals surface area (Å²) in [5.74, 6) is -0.110. The van der Waals surface area contributed by atoms with E-state index in [-0.39, 0.29) is 22.5 Å². The predicted octanol–water partition coefficient (Wildman–Crippen LogP) is 1.56. The van der Waals surface area contributed by atoms with Crippen LogP contribution in [0.25, 0.3) is 0 Å². The number of ether oxygens (including phenoxy) is 1. The zero-order valence-electron chi connectivity index (χ0n) is 14.3. The van der Waals surface area contributed by atoms with Gasteiger partial charge in [-0.3, -0.25) is 9.59 Å². The van der Waals surface area contributed by atoms with E-state index in [0.29, 0.717) is 37.8 Å². The van der Waals surface area contributed by atoms with Gasteiger partial charge in [-0.1, -0.05) is 23.4 Å². The monoisotopic (exact) mass is 384 g/mol. The van der Waals surface area contributed by atoms with Crippen molar-refractivity contribution in [2.45, 2.75) is 18.0 Å². The average Bonchev–Trinajstić information content (AvgIpc) is 3.19. The number of rotatable bonds is 5. The lowest BCUT2D eigenvalue weighted by Gasteiger charge is -2.23. The molecule has 2 aliphatic heterocycles. The van der Waals surface area contributed by atoms with Crippen LogP contribution >= 0.6 is 23.4 Å². The van der Waals surface area contributed by atoms with Crippen molar-refractivity contribution in [3.8, 4) is 0 Å². The van der Waals surface area contributed by atoms with Crippen LogP contribution in [0.5, 0.6) is 0 Å². The fraction of sp³-hybridized carbons (Fsp3) is 0.625. The average molecular weight is 385 g/mol. The summed E-state index contributed by atoms with van der Waals surface area (Å²) in [6.45, 7) is 2.80. The second-order valence-electron chi connectivity index (χ2n) is 6.35. The number of carbonyl (C=O) groups is 2. The molecule has 2 amide bonds. The molecule has 2 fully saturated rings. The van der Waals surface area contributed by atoms with Crippen LogP contribution in [0.3, 0.4) is 0 Å². The molecule has 2 saturated heterocycles. The molecular formula is C16H21ClN4O3S. The summed E-state index contributed by atoms with van der Waals surface area (Å²) in [5.41, 5.74) is -0.259. The quantitative estimate of drug-likeness (QED) is 0.566. The number of thioether (sulfide) groups is 1. The topological polar surface area (TPSA) is 75.6 Å². The Morgan fingerprint density at radius 3 is 2.92 bits per heavy atom. The summed E-state index contributed by atoms with van der Waals surface area (Å²) in [4.78, 5) is 37.4. The summed E-state index contributed by atoms with van der Waals surface area (Å²) in [6.07, 6.45) is 4.74. The molecule has 3 rings (SSSR count). The molecule has 1 spiro atoms. The number of carbonyl (C=O) groups excluding carboxylic acids is 2. The summed E-state index contributed by atoms with van der Waals surface area (Å²) in [5, 5.41) is 0.743. The van der Waals surface area contributed by atoms with Crippen molar-refractivity contribution < 1.29 is 14.3 Å². The van der Waals surface area contributed by atoms with Crippen molar-refractivity contribution in [1.29, 1.82) is 0 Å². The van der Waals surface area contributed by atoms with Gasteiger partial charge in [-0.15, -0.1) is 0 Å². The molecule has 2 aliphatic rings. The third-order valence-corrected chi connectivity index (χ3v) is 5.75. The third kappa shape index (κ3) is 3.47. The maximum atomic E-state index is 12.8. The van der Waals surface area contributed by atoms with Gasteiger partial charge in [0.1, 0.15) is 0 Å². The van der Waals surface area contributed by atoms with Crippen LogP contribution in [0.2, 0.25) is 5.02 Å². The molecule has 0 radical (unpaired) electrons. The first-order chi connectivity index (χ1) is 12.0. The zero-order valence-corrected chi connectivity index (χ0v) is 15.9. The Labute approximate surface area is 156 Å². The Hall–Kier alpha value is -1.38. The molecule has 0 N–H and O–H groups in total. The van der Waals surface area contributed by atoms with Crippen molar-refractivity contribution in [2.24, 2.45) is 5.41 Å². The molecule has 0 aromatic carbocycles. The van der Waals surface area contributed by atoms with Crippen molar-refractivity contribution in [2.75, 3.05) is 46.2 Å². The Balaban J connectivity index is 1.73. The Bertz CT molecular complexity index is 689. The van der Waals surface area contributed by atoms with Crippen LogP contribution in [0.15, 0.2) is 11.4 Å². The molecule has 0 saturated carbocycles. The summed E-state index contributed by atoms with van der Waals surface area (Å²) >= 11 is 7.47. The SMILES string of the molecule is COCCN1CCC2(CCN(C(=O)c3nc(SC)ncc3Cl)C2)C1=O. The van der Waals surface area contributed by atoms with E-state index in [0.717, 1.165) is 13.0 Å². The standard InChI is InChI=1S/C16H21ClN4O3S/c1-24-8-7-20-5-3-16(14(20)23)4-6-21(10-16)13(22)12-11(17)9-18-15(19-12)25-2/h9H,3-8,10H2,1-2H3.